The first-order chi connectivity index (χ1) is 12.1. The van der Waals surface area contributed by atoms with E-state index >= 15 is 0 Å². The van der Waals surface area contributed by atoms with Crippen molar-refractivity contribution in [3.63, 3.8) is 0 Å². The van der Waals surface area contributed by atoms with Gasteiger partial charge in [0, 0.05) is 13.1 Å². The van der Waals surface area contributed by atoms with Crippen LogP contribution in [-0.4, -0.2) is 42.6 Å². The lowest BCUT2D eigenvalue weighted by atomic mass is 9.82. The Bertz CT molecular complexity index is 520. The number of likely N-dealkylation sites (N-methyl/N-ethyl adjacent to an activating group) is 1. The van der Waals surface area contributed by atoms with E-state index in [-0.39, 0.29) is 5.91 Å². The van der Waals surface area contributed by atoms with Crippen LogP contribution in [0.15, 0.2) is 24.3 Å². The summed E-state index contributed by atoms with van der Waals surface area (Å²) < 4.78 is 5.78. The van der Waals surface area contributed by atoms with Crippen LogP contribution in [0.1, 0.15) is 51.5 Å². The fourth-order valence-electron chi connectivity index (χ4n) is 3.30. The minimum absolute atomic E-state index is 0.0215. The van der Waals surface area contributed by atoms with E-state index in [1.807, 2.05) is 24.3 Å². The summed E-state index contributed by atoms with van der Waals surface area (Å²) in [5.41, 5.74) is 6.64. The van der Waals surface area contributed by atoms with Crippen molar-refractivity contribution >= 4 is 5.91 Å². The van der Waals surface area contributed by atoms with E-state index in [1.54, 1.807) is 0 Å². The third kappa shape index (κ3) is 6.01. The molecule has 0 heterocycles. The number of rotatable bonds is 9. The summed E-state index contributed by atoms with van der Waals surface area (Å²) in [7, 11) is 0. The first-order valence-electron chi connectivity index (χ1n) is 9.58. The highest BCUT2D eigenvalue weighted by atomic mass is 16.5. The molecule has 5 heteroatoms. The standard InChI is InChI=1S/C20H33N3O2/c1-3-23(4-2)14-15-25-18-10-8-17(9-11-18)16-22-19(24)20(21)12-6-5-7-13-20/h8-11H,3-7,12-16,21H2,1-2H3,(H,22,24). The molecule has 0 aliphatic heterocycles. The van der Waals surface area contributed by atoms with Crippen molar-refractivity contribution in [3.05, 3.63) is 29.8 Å². The lowest BCUT2D eigenvalue weighted by Crippen LogP contribution is -2.54. The van der Waals surface area contributed by atoms with Crippen LogP contribution in [-0.2, 0) is 11.3 Å². The van der Waals surface area contributed by atoms with Gasteiger partial charge in [0.25, 0.3) is 0 Å². The topological polar surface area (TPSA) is 67.6 Å². The van der Waals surface area contributed by atoms with E-state index in [2.05, 4.69) is 24.1 Å². The van der Waals surface area contributed by atoms with Gasteiger partial charge in [-0.25, -0.2) is 0 Å². The zero-order valence-corrected chi connectivity index (χ0v) is 15.7. The molecule has 0 aromatic heterocycles. The van der Waals surface area contributed by atoms with Crippen LogP contribution in [0, 0.1) is 0 Å². The molecule has 1 amide bonds. The molecule has 0 unspecified atom stereocenters. The summed E-state index contributed by atoms with van der Waals surface area (Å²) in [4.78, 5) is 14.7. The molecule has 0 spiro atoms. The Hall–Kier alpha value is -1.59. The highest BCUT2D eigenvalue weighted by Gasteiger charge is 2.34. The number of nitrogens with one attached hydrogen (secondary N) is 1. The molecule has 1 aliphatic carbocycles. The van der Waals surface area contributed by atoms with Crippen molar-refractivity contribution in [2.24, 2.45) is 5.73 Å². The van der Waals surface area contributed by atoms with Crippen molar-refractivity contribution in [1.82, 2.24) is 10.2 Å². The van der Waals surface area contributed by atoms with Crippen LogP contribution in [0.2, 0.25) is 0 Å². The lowest BCUT2D eigenvalue weighted by molar-refractivity contribution is -0.127. The van der Waals surface area contributed by atoms with Crippen molar-refractivity contribution in [2.45, 2.75) is 58.0 Å². The van der Waals surface area contributed by atoms with Gasteiger partial charge in [-0.15, -0.1) is 0 Å². The highest BCUT2D eigenvalue weighted by molar-refractivity contribution is 5.86. The monoisotopic (exact) mass is 347 g/mol. The molecule has 25 heavy (non-hydrogen) atoms. The van der Waals surface area contributed by atoms with Crippen LogP contribution in [0.4, 0.5) is 0 Å². The normalized spacial score (nSPS) is 16.6. The molecule has 1 fully saturated rings. The molecule has 1 aliphatic rings. The smallest absolute Gasteiger partial charge is 0.240 e. The molecule has 0 bridgehead atoms. The Labute approximate surface area is 151 Å². The number of carbonyl (C=O) groups excluding carboxylic acids is 1. The van der Waals surface area contributed by atoms with Gasteiger partial charge in [0.2, 0.25) is 5.91 Å². The van der Waals surface area contributed by atoms with Crippen LogP contribution < -0.4 is 15.8 Å². The summed E-state index contributed by atoms with van der Waals surface area (Å²) in [6.07, 6.45) is 4.85. The number of carbonyl (C=O) groups is 1. The van der Waals surface area contributed by atoms with E-state index in [4.69, 9.17) is 10.5 Å². The van der Waals surface area contributed by atoms with Gasteiger partial charge >= 0.3 is 0 Å². The second-order valence-electron chi connectivity index (χ2n) is 6.92. The molecular formula is C20H33N3O2. The van der Waals surface area contributed by atoms with Gasteiger partial charge in [-0.05, 0) is 43.6 Å². The van der Waals surface area contributed by atoms with Gasteiger partial charge in [0.1, 0.15) is 12.4 Å². The predicted molar refractivity (Wildman–Crippen MR) is 102 cm³/mol. The van der Waals surface area contributed by atoms with Gasteiger partial charge in [0.05, 0.1) is 5.54 Å². The molecule has 1 saturated carbocycles. The first-order valence-corrected chi connectivity index (χ1v) is 9.58. The molecule has 1 aromatic carbocycles. The van der Waals surface area contributed by atoms with Gasteiger partial charge in [-0.1, -0.05) is 45.2 Å². The van der Waals surface area contributed by atoms with Crippen molar-refractivity contribution in [3.8, 4) is 5.75 Å². The van der Waals surface area contributed by atoms with E-state index in [0.29, 0.717) is 13.2 Å². The average Bonchev–Trinajstić information content (AvgIpc) is 2.65. The van der Waals surface area contributed by atoms with Crippen LogP contribution in [0.25, 0.3) is 0 Å². The summed E-state index contributed by atoms with van der Waals surface area (Å²) in [6, 6.07) is 7.92. The maximum Gasteiger partial charge on any atom is 0.240 e. The lowest BCUT2D eigenvalue weighted by Gasteiger charge is -2.31. The summed E-state index contributed by atoms with van der Waals surface area (Å²) >= 11 is 0. The molecule has 0 radical (unpaired) electrons. The molecule has 2 rings (SSSR count). The van der Waals surface area contributed by atoms with Gasteiger partial charge in [-0.3, -0.25) is 4.79 Å². The zero-order chi connectivity index (χ0) is 18.1. The number of nitrogens with zero attached hydrogens (tertiary/aromatic N) is 1. The van der Waals surface area contributed by atoms with Crippen molar-refractivity contribution in [1.29, 1.82) is 0 Å². The van der Waals surface area contributed by atoms with Crippen molar-refractivity contribution in [2.75, 3.05) is 26.2 Å². The molecule has 5 nitrogen and oxygen atoms in total. The second-order valence-corrected chi connectivity index (χ2v) is 6.92. The van der Waals surface area contributed by atoms with E-state index in [1.165, 1.54) is 6.42 Å². The summed E-state index contributed by atoms with van der Waals surface area (Å²) in [6.45, 7) is 8.54. The Balaban J connectivity index is 1.75. The number of nitrogens with two attached hydrogens (primary N) is 1. The molecule has 0 atom stereocenters. The fourth-order valence-corrected chi connectivity index (χ4v) is 3.30. The number of hydrogen-bond donors (Lipinski definition) is 2. The predicted octanol–water partition coefficient (Wildman–Crippen LogP) is 2.68. The number of benzene rings is 1. The van der Waals surface area contributed by atoms with E-state index < -0.39 is 5.54 Å². The van der Waals surface area contributed by atoms with Crippen LogP contribution in [0.5, 0.6) is 5.75 Å². The average molecular weight is 348 g/mol. The maximum atomic E-state index is 12.4. The van der Waals surface area contributed by atoms with E-state index in [9.17, 15) is 4.79 Å². The molecule has 1 aromatic rings. The molecule has 140 valence electrons. The molecular weight excluding hydrogens is 314 g/mol. The largest absolute Gasteiger partial charge is 0.492 e. The molecule has 0 saturated heterocycles. The Morgan fingerprint density at radius 2 is 1.80 bits per heavy atom. The van der Waals surface area contributed by atoms with Gasteiger partial charge in [0.15, 0.2) is 0 Å². The Morgan fingerprint density at radius 3 is 2.40 bits per heavy atom. The minimum atomic E-state index is -0.675. The third-order valence-corrected chi connectivity index (χ3v) is 5.15. The summed E-state index contributed by atoms with van der Waals surface area (Å²) in [5.74, 6) is 0.844. The first kappa shape index (κ1) is 19.7. The number of amides is 1. The molecule has 3 N–H and O–H groups in total. The summed E-state index contributed by atoms with van der Waals surface area (Å²) in [5, 5.41) is 2.99. The number of ether oxygens (including phenoxy) is 1. The van der Waals surface area contributed by atoms with Crippen LogP contribution >= 0.6 is 0 Å². The second kappa shape index (κ2) is 9.78. The van der Waals surface area contributed by atoms with Gasteiger partial charge < -0.3 is 20.7 Å². The number of hydrogen-bond acceptors (Lipinski definition) is 4. The third-order valence-electron chi connectivity index (χ3n) is 5.15. The minimum Gasteiger partial charge on any atom is -0.492 e. The Kier molecular flexibility index (Phi) is 7.72. The van der Waals surface area contributed by atoms with Gasteiger partial charge in [-0.2, -0.15) is 0 Å². The maximum absolute atomic E-state index is 12.4. The zero-order valence-electron chi connectivity index (χ0n) is 15.7. The van der Waals surface area contributed by atoms with Crippen LogP contribution in [0.3, 0.4) is 0 Å². The van der Waals surface area contributed by atoms with Crippen molar-refractivity contribution < 1.29 is 9.53 Å². The quantitative estimate of drug-likeness (QED) is 0.721. The van der Waals surface area contributed by atoms with E-state index in [0.717, 1.165) is 56.6 Å². The SMILES string of the molecule is CCN(CC)CCOc1ccc(CNC(=O)C2(N)CCCCC2)cc1. The highest BCUT2D eigenvalue weighted by Crippen LogP contribution is 2.26. The fraction of sp³-hybridized carbons (Fsp3) is 0.650. The Morgan fingerprint density at radius 1 is 1.16 bits per heavy atom.